The lowest BCUT2D eigenvalue weighted by Gasteiger charge is -2.13. The van der Waals surface area contributed by atoms with Crippen molar-refractivity contribution in [2.75, 3.05) is 6.54 Å². The number of rotatable bonds is 6. The number of hydrogen-bond donors (Lipinski definition) is 2. The summed E-state index contributed by atoms with van der Waals surface area (Å²) in [5.74, 6) is -0.0868. The minimum absolute atomic E-state index is 0.0871. The standard InChI is InChI=1S/C14H19F3N2O/c1-2-10(8-18)7-13(20)19-9-11-4-3-5-12(6-11)14(15,16)17/h3-6,10H,2,7-9,18H2,1H3,(H,19,20). The fourth-order valence-electron chi connectivity index (χ4n) is 1.79. The Balaban J connectivity index is 2.56. The molecule has 20 heavy (non-hydrogen) atoms. The molecule has 1 unspecified atom stereocenters. The molecular weight excluding hydrogens is 269 g/mol. The summed E-state index contributed by atoms with van der Waals surface area (Å²) in [5.41, 5.74) is 5.22. The van der Waals surface area contributed by atoms with Crippen LogP contribution in [-0.4, -0.2) is 12.5 Å². The highest BCUT2D eigenvalue weighted by Crippen LogP contribution is 2.29. The van der Waals surface area contributed by atoms with Crippen LogP contribution in [0.3, 0.4) is 0 Å². The Bertz CT molecular complexity index is 442. The Hall–Kier alpha value is -1.56. The number of alkyl halides is 3. The van der Waals surface area contributed by atoms with E-state index in [1.54, 1.807) is 6.07 Å². The summed E-state index contributed by atoms with van der Waals surface area (Å²) in [5, 5.41) is 2.61. The first-order valence-corrected chi connectivity index (χ1v) is 6.49. The fraction of sp³-hybridized carbons (Fsp3) is 0.500. The first kappa shape index (κ1) is 16.5. The molecular formula is C14H19F3N2O. The minimum atomic E-state index is -4.37. The highest BCUT2D eigenvalue weighted by atomic mass is 19.4. The van der Waals surface area contributed by atoms with E-state index < -0.39 is 11.7 Å². The smallest absolute Gasteiger partial charge is 0.352 e. The summed E-state index contributed by atoms with van der Waals surface area (Å²) in [6, 6.07) is 4.93. The van der Waals surface area contributed by atoms with E-state index in [2.05, 4.69) is 5.32 Å². The third-order valence-electron chi connectivity index (χ3n) is 3.13. The quantitative estimate of drug-likeness (QED) is 0.845. The van der Waals surface area contributed by atoms with E-state index >= 15 is 0 Å². The maximum Gasteiger partial charge on any atom is 0.416 e. The molecule has 0 saturated heterocycles. The van der Waals surface area contributed by atoms with Gasteiger partial charge in [-0.15, -0.1) is 0 Å². The normalized spacial score (nSPS) is 13.1. The maximum absolute atomic E-state index is 12.5. The summed E-state index contributed by atoms with van der Waals surface area (Å²) in [4.78, 5) is 11.6. The molecule has 3 nitrogen and oxygen atoms in total. The Labute approximate surface area is 116 Å². The molecule has 0 heterocycles. The zero-order chi connectivity index (χ0) is 15.2. The predicted molar refractivity (Wildman–Crippen MR) is 70.7 cm³/mol. The number of amides is 1. The highest BCUT2D eigenvalue weighted by molar-refractivity contribution is 5.76. The lowest BCUT2D eigenvalue weighted by atomic mass is 10.0. The number of halogens is 3. The molecule has 112 valence electrons. The van der Waals surface area contributed by atoms with Gasteiger partial charge in [-0.1, -0.05) is 25.5 Å². The van der Waals surface area contributed by atoms with E-state index in [9.17, 15) is 18.0 Å². The third-order valence-corrected chi connectivity index (χ3v) is 3.13. The van der Waals surface area contributed by atoms with Gasteiger partial charge in [-0.05, 0) is 30.2 Å². The molecule has 0 saturated carbocycles. The molecule has 0 bridgehead atoms. The van der Waals surface area contributed by atoms with Gasteiger partial charge >= 0.3 is 6.18 Å². The van der Waals surface area contributed by atoms with Crippen molar-refractivity contribution in [3.8, 4) is 0 Å². The van der Waals surface area contributed by atoms with Crippen molar-refractivity contribution in [3.05, 3.63) is 35.4 Å². The van der Waals surface area contributed by atoms with Gasteiger partial charge in [-0.3, -0.25) is 4.79 Å². The molecule has 0 aromatic heterocycles. The van der Waals surface area contributed by atoms with Crippen LogP contribution >= 0.6 is 0 Å². The molecule has 1 atom stereocenters. The number of carbonyl (C=O) groups is 1. The van der Waals surface area contributed by atoms with E-state index in [1.807, 2.05) is 6.92 Å². The topological polar surface area (TPSA) is 55.1 Å². The van der Waals surface area contributed by atoms with Gasteiger partial charge in [0.25, 0.3) is 0 Å². The number of hydrogen-bond acceptors (Lipinski definition) is 2. The molecule has 0 radical (unpaired) electrons. The molecule has 6 heteroatoms. The average Bonchev–Trinajstić information content (AvgIpc) is 2.42. The van der Waals surface area contributed by atoms with Crippen molar-refractivity contribution in [2.45, 2.75) is 32.5 Å². The van der Waals surface area contributed by atoms with Gasteiger partial charge in [0.2, 0.25) is 5.91 Å². The number of nitrogens with two attached hydrogens (primary N) is 1. The molecule has 0 aliphatic carbocycles. The lowest BCUT2D eigenvalue weighted by Crippen LogP contribution is -2.27. The first-order chi connectivity index (χ1) is 9.36. The summed E-state index contributed by atoms with van der Waals surface area (Å²) in [6.45, 7) is 2.45. The zero-order valence-electron chi connectivity index (χ0n) is 11.3. The average molecular weight is 288 g/mol. The molecule has 1 rings (SSSR count). The van der Waals surface area contributed by atoms with Gasteiger partial charge in [-0.2, -0.15) is 13.2 Å². The van der Waals surface area contributed by atoms with Crippen LogP contribution in [-0.2, 0) is 17.5 Å². The molecule has 1 aromatic rings. The van der Waals surface area contributed by atoms with E-state index in [-0.39, 0.29) is 18.4 Å². The van der Waals surface area contributed by atoms with E-state index in [1.165, 1.54) is 6.07 Å². The first-order valence-electron chi connectivity index (χ1n) is 6.49. The van der Waals surface area contributed by atoms with Crippen LogP contribution in [0.2, 0.25) is 0 Å². The molecule has 0 fully saturated rings. The Morgan fingerprint density at radius 3 is 2.65 bits per heavy atom. The Morgan fingerprint density at radius 1 is 1.40 bits per heavy atom. The monoisotopic (exact) mass is 288 g/mol. The zero-order valence-corrected chi connectivity index (χ0v) is 11.3. The van der Waals surface area contributed by atoms with Crippen molar-refractivity contribution in [3.63, 3.8) is 0 Å². The van der Waals surface area contributed by atoms with Crippen molar-refractivity contribution in [1.82, 2.24) is 5.32 Å². The summed E-state index contributed by atoms with van der Waals surface area (Å²) < 4.78 is 37.6. The Kier molecular flexibility index (Phi) is 6.01. The van der Waals surface area contributed by atoms with Crippen LogP contribution in [0.25, 0.3) is 0 Å². The SMILES string of the molecule is CCC(CN)CC(=O)NCc1cccc(C(F)(F)F)c1. The maximum atomic E-state index is 12.5. The minimum Gasteiger partial charge on any atom is -0.352 e. The van der Waals surface area contributed by atoms with Crippen LogP contribution in [0.1, 0.15) is 30.9 Å². The summed E-state index contributed by atoms with van der Waals surface area (Å²) in [7, 11) is 0. The van der Waals surface area contributed by atoms with Gasteiger partial charge in [-0.25, -0.2) is 0 Å². The molecule has 0 spiro atoms. The van der Waals surface area contributed by atoms with Crippen LogP contribution in [0.4, 0.5) is 13.2 Å². The number of benzene rings is 1. The third kappa shape index (κ3) is 5.21. The van der Waals surface area contributed by atoms with Gasteiger partial charge < -0.3 is 11.1 Å². The van der Waals surface area contributed by atoms with E-state index in [4.69, 9.17) is 5.73 Å². The van der Waals surface area contributed by atoms with Crippen LogP contribution in [0.5, 0.6) is 0 Å². The second kappa shape index (κ2) is 7.28. The van der Waals surface area contributed by atoms with Gasteiger partial charge in [0.15, 0.2) is 0 Å². The fourth-order valence-corrected chi connectivity index (χ4v) is 1.79. The van der Waals surface area contributed by atoms with Crippen molar-refractivity contribution < 1.29 is 18.0 Å². The molecule has 1 aromatic carbocycles. The summed E-state index contributed by atoms with van der Waals surface area (Å²) >= 11 is 0. The van der Waals surface area contributed by atoms with Crippen molar-refractivity contribution in [2.24, 2.45) is 11.7 Å². The second-order valence-electron chi connectivity index (χ2n) is 4.69. The highest BCUT2D eigenvalue weighted by Gasteiger charge is 2.30. The summed E-state index contributed by atoms with van der Waals surface area (Å²) in [6.07, 6.45) is -3.27. The van der Waals surface area contributed by atoms with Gasteiger partial charge in [0.1, 0.15) is 0 Å². The molecule has 0 aliphatic rings. The van der Waals surface area contributed by atoms with E-state index in [0.717, 1.165) is 18.6 Å². The largest absolute Gasteiger partial charge is 0.416 e. The Morgan fingerprint density at radius 2 is 2.10 bits per heavy atom. The lowest BCUT2D eigenvalue weighted by molar-refractivity contribution is -0.137. The van der Waals surface area contributed by atoms with Gasteiger partial charge in [0.05, 0.1) is 5.56 Å². The molecule has 0 aliphatic heterocycles. The molecule has 3 N–H and O–H groups in total. The predicted octanol–water partition coefficient (Wildman–Crippen LogP) is 2.70. The van der Waals surface area contributed by atoms with Crippen molar-refractivity contribution in [1.29, 1.82) is 0 Å². The van der Waals surface area contributed by atoms with Gasteiger partial charge in [0, 0.05) is 13.0 Å². The van der Waals surface area contributed by atoms with Crippen molar-refractivity contribution >= 4 is 5.91 Å². The number of nitrogens with one attached hydrogen (secondary N) is 1. The second-order valence-corrected chi connectivity index (χ2v) is 4.69. The molecule has 1 amide bonds. The van der Waals surface area contributed by atoms with E-state index in [0.29, 0.717) is 18.5 Å². The van der Waals surface area contributed by atoms with Crippen LogP contribution < -0.4 is 11.1 Å². The van der Waals surface area contributed by atoms with Crippen LogP contribution in [0, 0.1) is 5.92 Å². The number of carbonyl (C=O) groups excluding carboxylic acids is 1. The van der Waals surface area contributed by atoms with Crippen LogP contribution in [0.15, 0.2) is 24.3 Å².